The van der Waals surface area contributed by atoms with Crippen molar-refractivity contribution in [1.29, 1.82) is 0 Å². The summed E-state index contributed by atoms with van der Waals surface area (Å²) in [6.45, 7) is 5.08. The molecule has 0 atom stereocenters. The molecule has 0 aliphatic carbocycles. The molecule has 4 rings (SSSR count). The van der Waals surface area contributed by atoms with E-state index in [1.807, 2.05) is 49.4 Å². The van der Waals surface area contributed by atoms with E-state index in [4.69, 9.17) is 19.2 Å². The second-order valence-electron chi connectivity index (χ2n) is 9.64. The molecule has 3 aromatic rings. The number of carbonyl (C=O) groups is 1. The van der Waals surface area contributed by atoms with Crippen LogP contribution in [0.25, 0.3) is 0 Å². The van der Waals surface area contributed by atoms with Crippen LogP contribution in [0.5, 0.6) is 23.0 Å². The van der Waals surface area contributed by atoms with Gasteiger partial charge in [-0.1, -0.05) is 12.1 Å². The Morgan fingerprint density at radius 2 is 1.63 bits per heavy atom. The number of phenolic OH excluding ortho intramolecular Hbond substituents is 1. The third-order valence-corrected chi connectivity index (χ3v) is 7.08. The molecule has 2 heterocycles. The molecule has 8 heteroatoms. The molecule has 1 aliphatic rings. The minimum Gasteiger partial charge on any atom is -0.504 e. The summed E-state index contributed by atoms with van der Waals surface area (Å²) in [4.78, 5) is 20.4. The molecule has 0 radical (unpaired) electrons. The summed E-state index contributed by atoms with van der Waals surface area (Å²) in [7, 11) is 4.79. The molecule has 1 aromatic heterocycles. The van der Waals surface area contributed by atoms with E-state index < -0.39 is 0 Å². The number of aromatic hydroxyl groups is 1. The minimum absolute atomic E-state index is 0.0911. The van der Waals surface area contributed by atoms with Crippen LogP contribution in [0, 0.1) is 6.92 Å². The Bertz CT molecular complexity index is 1250. The number of ether oxygens (including phenoxy) is 3. The first-order valence-corrected chi connectivity index (χ1v) is 13.0. The van der Waals surface area contributed by atoms with Crippen molar-refractivity contribution in [2.24, 2.45) is 0 Å². The number of aryl methyl sites for hydroxylation is 1. The van der Waals surface area contributed by atoms with E-state index in [0.717, 1.165) is 55.0 Å². The molecule has 1 amide bonds. The first-order valence-electron chi connectivity index (χ1n) is 13.0. The minimum atomic E-state index is -0.0911. The molecule has 1 saturated heterocycles. The van der Waals surface area contributed by atoms with Gasteiger partial charge in [0.05, 0.1) is 32.6 Å². The maximum Gasteiger partial charge on any atom is 0.253 e. The smallest absolute Gasteiger partial charge is 0.253 e. The number of nitrogens with zero attached hydrogens (tertiary/aromatic N) is 2. The number of benzene rings is 2. The Morgan fingerprint density at radius 1 is 0.947 bits per heavy atom. The summed E-state index contributed by atoms with van der Waals surface area (Å²) in [6.07, 6.45) is 2.54. The second kappa shape index (κ2) is 12.6. The summed E-state index contributed by atoms with van der Waals surface area (Å²) in [5.41, 5.74) is 4.62. The number of hydrogen-bond donors (Lipinski definition) is 2. The van der Waals surface area contributed by atoms with Gasteiger partial charge < -0.3 is 24.6 Å². The van der Waals surface area contributed by atoms with Crippen molar-refractivity contribution in [3.63, 3.8) is 0 Å². The highest BCUT2D eigenvalue weighted by Crippen LogP contribution is 2.32. The summed E-state index contributed by atoms with van der Waals surface area (Å²) in [5.74, 6) is 2.14. The highest BCUT2D eigenvalue weighted by Gasteiger charge is 2.26. The van der Waals surface area contributed by atoms with Crippen molar-refractivity contribution in [3.05, 3.63) is 76.6 Å². The fraction of sp³-hybridized carbons (Fsp3) is 0.400. The number of amides is 1. The van der Waals surface area contributed by atoms with E-state index in [-0.39, 0.29) is 17.6 Å². The molecular weight excluding hydrogens is 482 g/mol. The highest BCUT2D eigenvalue weighted by atomic mass is 16.5. The average molecular weight is 520 g/mol. The van der Waals surface area contributed by atoms with E-state index >= 15 is 0 Å². The van der Waals surface area contributed by atoms with Crippen LogP contribution in [0.1, 0.15) is 51.6 Å². The lowest BCUT2D eigenvalue weighted by Gasteiger charge is -2.32. The van der Waals surface area contributed by atoms with Crippen LogP contribution < -0.4 is 19.5 Å². The molecule has 8 nitrogen and oxygen atoms in total. The van der Waals surface area contributed by atoms with Gasteiger partial charge >= 0.3 is 0 Å². The standard InChI is InChI=1S/C30H37N3O5/c1-20-5-8-24(30(35)31-14-11-21-7-10-26(36-2)28(17-21)38-4)29(32-20)23-12-15-33(16-13-23)19-22-6-9-25(34)27(18-22)37-3/h5-10,17-18,23,34H,11-16,19H2,1-4H3,(H,31,35). The second-order valence-corrected chi connectivity index (χ2v) is 9.64. The van der Waals surface area contributed by atoms with Gasteiger partial charge in [0.2, 0.25) is 0 Å². The Morgan fingerprint density at radius 3 is 2.34 bits per heavy atom. The Balaban J connectivity index is 1.36. The van der Waals surface area contributed by atoms with Gasteiger partial charge in [-0.25, -0.2) is 0 Å². The Kier molecular flexibility index (Phi) is 9.07. The van der Waals surface area contributed by atoms with Crippen molar-refractivity contribution in [2.75, 3.05) is 41.0 Å². The van der Waals surface area contributed by atoms with Gasteiger partial charge in [0.1, 0.15) is 0 Å². The molecule has 0 spiro atoms. The van der Waals surface area contributed by atoms with E-state index in [1.165, 1.54) is 0 Å². The fourth-order valence-electron chi connectivity index (χ4n) is 4.97. The van der Waals surface area contributed by atoms with Gasteiger partial charge in [-0.15, -0.1) is 0 Å². The van der Waals surface area contributed by atoms with Crippen LogP contribution in [0.4, 0.5) is 0 Å². The van der Waals surface area contributed by atoms with Gasteiger partial charge in [0, 0.05) is 24.7 Å². The number of pyridine rings is 1. The third-order valence-electron chi connectivity index (χ3n) is 7.08. The highest BCUT2D eigenvalue weighted by molar-refractivity contribution is 5.95. The average Bonchev–Trinajstić information content (AvgIpc) is 2.94. The summed E-state index contributed by atoms with van der Waals surface area (Å²) in [6, 6.07) is 15.1. The predicted octanol–water partition coefficient (Wildman–Crippen LogP) is 4.47. The van der Waals surface area contributed by atoms with Crippen molar-refractivity contribution in [2.45, 2.75) is 38.6 Å². The number of aromatic nitrogens is 1. The van der Waals surface area contributed by atoms with E-state index in [9.17, 15) is 9.90 Å². The van der Waals surface area contributed by atoms with E-state index in [1.54, 1.807) is 27.4 Å². The summed E-state index contributed by atoms with van der Waals surface area (Å²) < 4.78 is 15.9. The van der Waals surface area contributed by atoms with Gasteiger partial charge in [-0.3, -0.25) is 14.7 Å². The third kappa shape index (κ3) is 6.55. The maximum absolute atomic E-state index is 13.2. The van der Waals surface area contributed by atoms with Crippen LogP contribution in [-0.4, -0.2) is 61.9 Å². The number of methoxy groups -OCH3 is 3. The van der Waals surface area contributed by atoms with Crippen LogP contribution in [-0.2, 0) is 13.0 Å². The number of rotatable bonds is 10. The molecule has 1 fully saturated rings. The lowest BCUT2D eigenvalue weighted by Crippen LogP contribution is -2.34. The number of hydrogen-bond acceptors (Lipinski definition) is 7. The maximum atomic E-state index is 13.2. The summed E-state index contributed by atoms with van der Waals surface area (Å²) >= 11 is 0. The number of likely N-dealkylation sites (tertiary alicyclic amines) is 1. The molecule has 0 bridgehead atoms. The predicted molar refractivity (Wildman–Crippen MR) is 146 cm³/mol. The van der Waals surface area contributed by atoms with Gasteiger partial charge in [-0.2, -0.15) is 0 Å². The Hall–Kier alpha value is -3.78. The lowest BCUT2D eigenvalue weighted by molar-refractivity contribution is 0.0951. The van der Waals surface area contributed by atoms with Crippen molar-refractivity contribution in [1.82, 2.24) is 15.2 Å². The quantitative estimate of drug-likeness (QED) is 0.408. The van der Waals surface area contributed by atoms with E-state index in [2.05, 4.69) is 10.2 Å². The number of carbonyl (C=O) groups excluding carboxylic acids is 1. The van der Waals surface area contributed by atoms with Gasteiger partial charge in [0.25, 0.3) is 5.91 Å². The summed E-state index contributed by atoms with van der Waals surface area (Å²) in [5, 5.41) is 12.9. The lowest BCUT2D eigenvalue weighted by atomic mass is 9.89. The molecule has 2 aromatic carbocycles. The Labute approximate surface area is 224 Å². The molecule has 0 unspecified atom stereocenters. The first-order chi connectivity index (χ1) is 18.4. The molecule has 2 N–H and O–H groups in total. The largest absolute Gasteiger partial charge is 0.504 e. The topological polar surface area (TPSA) is 93.2 Å². The van der Waals surface area contributed by atoms with Gasteiger partial charge in [0.15, 0.2) is 23.0 Å². The number of phenols is 1. The SMILES string of the molecule is COc1cc(CN2CCC(c3nc(C)ccc3C(=O)NCCc3ccc(OC)c(OC)c3)CC2)ccc1O. The van der Waals surface area contributed by atoms with Gasteiger partial charge in [-0.05, 0) is 86.8 Å². The van der Waals surface area contributed by atoms with Crippen molar-refractivity contribution in [3.8, 4) is 23.0 Å². The van der Waals surface area contributed by atoms with Crippen LogP contribution in [0.3, 0.4) is 0 Å². The zero-order chi connectivity index (χ0) is 27.1. The fourth-order valence-corrected chi connectivity index (χ4v) is 4.97. The van der Waals surface area contributed by atoms with E-state index in [0.29, 0.717) is 35.8 Å². The van der Waals surface area contributed by atoms with Crippen molar-refractivity contribution >= 4 is 5.91 Å². The zero-order valence-electron chi connectivity index (χ0n) is 22.6. The molecular formula is C30H37N3O5. The van der Waals surface area contributed by atoms with Crippen LogP contribution in [0.15, 0.2) is 48.5 Å². The molecule has 38 heavy (non-hydrogen) atoms. The van der Waals surface area contributed by atoms with Crippen LogP contribution in [0.2, 0.25) is 0 Å². The normalized spacial score (nSPS) is 14.2. The zero-order valence-corrected chi connectivity index (χ0v) is 22.6. The number of nitrogens with one attached hydrogen (secondary N) is 1. The monoisotopic (exact) mass is 519 g/mol. The molecule has 0 saturated carbocycles. The molecule has 1 aliphatic heterocycles. The first kappa shape index (κ1) is 27.3. The number of piperidine rings is 1. The molecule has 202 valence electrons. The van der Waals surface area contributed by atoms with Crippen LogP contribution >= 0.6 is 0 Å². The van der Waals surface area contributed by atoms with Crippen molar-refractivity contribution < 1.29 is 24.1 Å².